The molecule has 6 nitrogen and oxygen atoms in total. The summed E-state index contributed by atoms with van der Waals surface area (Å²) in [6.07, 6.45) is 3.82. The number of amides is 1. The van der Waals surface area contributed by atoms with Gasteiger partial charge >= 0.3 is 0 Å². The predicted octanol–water partition coefficient (Wildman–Crippen LogP) is 3.59. The fourth-order valence-corrected chi connectivity index (χ4v) is 3.43. The molecule has 1 saturated heterocycles. The molecule has 1 aliphatic rings. The lowest BCUT2D eigenvalue weighted by Gasteiger charge is -2.29. The number of methoxy groups -OCH3 is 1. The van der Waals surface area contributed by atoms with Crippen molar-refractivity contribution in [3.8, 4) is 17.6 Å². The molecule has 2 aromatic rings. The van der Waals surface area contributed by atoms with Crippen LogP contribution in [-0.2, 0) is 11.3 Å². The third kappa shape index (κ3) is 5.41. The van der Waals surface area contributed by atoms with E-state index < -0.39 is 0 Å². The first-order chi connectivity index (χ1) is 14.1. The molecule has 0 atom stereocenters. The topological polar surface area (TPSA) is 65.8 Å². The molecule has 29 heavy (non-hydrogen) atoms. The van der Waals surface area contributed by atoms with Crippen molar-refractivity contribution in [2.45, 2.75) is 25.8 Å². The molecule has 2 aromatic carbocycles. The van der Waals surface area contributed by atoms with Crippen molar-refractivity contribution in [3.63, 3.8) is 0 Å². The lowest BCUT2D eigenvalue weighted by Crippen LogP contribution is -2.31. The first kappa shape index (κ1) is 20.5. The van der Waals surface area contributed by atoms with Crippen molar-refractivity contribution in [3.05, 3.63) is 53.6 Å². The van der Waals surface area contributed by atoms with Gasteiger partial charge in [0.05, 0.1) is 18.7 Å². The molecule has 1 aliphatic heterocycles. The Morgan fingerprint density at radius 1 is 1.10 bits per heavy atom. The summed E-state index contributed by atoms with van der Waals surface area (Å²) in [5.74, 6) is 0.753. The fourth-order valence-electron chi connectivity index (χ4n) is 3.43. The van der Waals surface area contributed by atoms with E-state index in [2.05, 4.69) is 35.2 Å². The fraction of sp³-hybridized carbons (Fsp3) is 0.391. The molecular formula is C23H27N3O3. The van der Waals surface area contributed by atoms with Crippen LogP contribution in [0.3, 0.4) is 0 Å². The smallest absolute Gasteiger partial charge is 0.260 e. The first-order valence-electron chi connectivity index (χ1n) is 9.89. The van der Waals surface area contributed by atoms with E-state index >= 15 is 0 Å². The lowest BCUT2D eigenvalue weighted by atomic mass is 10.1. The van der Waals surface area contributed by atoms with Gasteiger partial charge in [-0.05, 0) is 49.1 Å². The van der Waals surface area contributed by atoms with Crippen LogP contribution in [0.5, 0.6) is 11.5 Å². The molecule has 0 aromatic heterocycles. The summed E-state index contributed by atoms with van der Waals surface area (Å²) in [5.41, 5.74) is 2.81. The summed E-state index contributed by atoms with van der Waals surface area (Å²) in [5, 5.41) is 8.96. The predicted molar refractivity (Wildman–Crippen MR) is 112 cm³/mol. The minimum atomic E-state index is -0.128. The van der Waals surface area contributed by atoms with Crippen LogP contribution in [0.25, 0.3) is 0 Å². The van der Waals surface area contributed by atoms with Crippen LogP contribution in [0.4, 0.5) is 5.69 Å². The van der Waals surface area contributed by atoms with Gasteiger partial charge in [-0.2, -0.15) is 5.26 Å². The number of likely N-dealkylation sites (N-methyl/N-ethyl adjacent to an activating group) is 1. The molecule has 1 heterocycles. The van der Waals surface area contributed by atoms with Gasteiger partial charge in [-0.1, -0.05) is 12.1 Å². The van der Waals surface area contributed by atoms with Gasteiger partial charge in [0.1, 0.15) is 0 Å². The molecule has 6 heteroatoms. The lowest BCUT2D eigenvalue weighted by molar-refractivity contribution is -0.132. The minimum Gasteiger partial charge on any atom is -0.493 e. The van der Waals surface area contributed by atoms with Crippen molar-refractivity contribution in [1.82, 2.24) is 4.90 Å². The standard InChI is InChI=1S/C23H27N3O3/c1-25(16-18-6-9-20(10-7-18)26-12-4-3-5-13-26)23(27)17-29-21-11-8-19(15-24)14-22(21)28-2/h6-11,14H,3-5,12-13,16-17H2,1-2H3. The third-order valence-corrected chi connectivity index (χ3v) is 5.15. The van der Waals surface area contributed by atoms with E-state index in [9.17, 15) is 4.79 Å². The van der Waals surface area contributed by atoms with Crippen LogP contribution in [-0.4, -0.2) is 44.7 Å². The van der Waals surface area contributed by atoms with E-state index in [1.54, 1.807) is 30.1 Å². The summed E-state index contributed by atoms with van der Waals surface area (Å²) in [7, 11) is 3.27. The van der Waals surface area contributed by atoms with Gasteiger partial charge in [0.15, 0.2) is 18.1 Å². The monoisotopic (exact) mass is 393 g/mol. The SMILES string of the molecule is COc1cc(C#N)ccc1OCC(=O)N(C)Cc1ccc(N2CCCCC2)cc1. The number of hydrogen-bond acceptors (Lipinski definition) is 5. The summed E-state index contributed by atoms with van der Waals surface area (Å²) < 4.78 is 10.8. The zero-order valence-electron chi connectivity index (χ0n) is 17.1. The second-order valence-electron chi connectivity index (χ2n) is 7.23. The highest BCUT2D eigenvalue weighted by atomic mass is 16.5. The van der Waals surface area contributed by atoms with Crippen LogP contribution in [0.15, 0.2) is 42.5 Å². The minimum absolute atomic E-state index is 0.0926. The van der Waals surface area contributed by atoms with E-state index in [1.807, 2.05) is 0 Å². The van der Waals surface area contributed by atoms with E-state index in [0.29, 0.717) is 23.6 Å². The summed E-state index contributed by atoms with van der Waals surface area (Å²) >= 11 is 0. The highest BCUT2D eigenvalue weighted by Crippen LogP contribution is 2.28. The number of benzene rings is 2. The number of nitriles is 1. The molecule has 3 rings (SSSR count). The van der Waals surface area contributed by atoms with Gasteiger partial charge in [-0.15, -0.1) is 0 Å². The van der Waals surface area contributed by atoms with Crippen LogP contribution in [0, 0.1) is 11.3 Å². The molecule has 0 N–H and O–H groups in total. The van der Waals surface area contributed by atoms with Gasteiger partial charge in [0.25, 0.3) is 5.91 Å². The Morgan fingerprint density at radius 2 is 1.83 bits per heavy atom. The van der Waals surface area contributed by atoms with E-state index in [0.717, 1.165) is 18.7 Å². The van der Waals surface area contributed by atoms with Crippen LogP contribution < -0.4 is 14.4 Å². The van der Waals surface area contributed by atoms with Gasteiger partial charge in [0, 0.05) is 38.4 Å². The number of carbonyl (C=O) groups is 1. The average Bonchev–Trinajstić information content (AvgIpc) is 2.78. The van der Waals surface area contributed by atoms with Crippen LogP contribution in [0.1, 0.15) is 30.4 Å². The van der Waals surface area contributed by atoms with Crippen molar-refractivity contribution >= 4 is 11.6 Å². The Bertz CT molecular complexity index is 868. The number of nitrogens with zero attached hydrogens (tertiary/aromatic N) is 3. The maximum atomic E-state index is 12.5. The molecule has 0 radical (unpaired) electrons. The first-order valence-corrected chi connectivity index (χ1v) is 9.89. The number of rotatable bonds is 7. The van der Waals surface area contributed by atoms with Gasteiger partial charge in [-0.3, -0.25) is 4.79 Å². The number of ether oxygens (including phenoxy) is 2. The Morgan fingerprint density at radius 3 is 2.48 bits per heavy atom. The second-order valence-corrected chi connectivity index (χ2v) is 7.23. The zero-order chi connectivity index (χ0) is 20.6. The number of anilines is 1. The number of hydrogen-bond donors (Lipinski definition) is 0. The summed E-state index contributed by atoms with van der Waals surface area (Å²) in [6.45, 7) is 2.67. The van der Waals surface area contributed by atoms with Crippen LogP contribution in [0.2, 0.25) is 0 Å². The molecule has 0 aliphatic carbocycles. The Kier molecular flexibility index (Phi) is 6.96. The Hall–Kier alpha value is -3.20. The largest absolute Gasteiger partial charge is 0.493 e. The molecular weight excluding hydrogens is 366 g/mol. The van der Waals surface area contributed by atoms with Crippen molar-refractivity contribution < 1.29 is 14.3 Å². The van der Waals surface area contributed by atoms with E-state index in [-0.39, 0.29) is 12.5 Å². The molecule has 1 amide bonds. The second kappa shape index (κ2) is 9.83. The average molecular weight is 393 g/mol. The number of piperidine rings is 1. The van der Waals surface area contributed by atoms with Gasteiger partial charge in [-0.25, -0.2) is 0 Å². The Balaban J connectivity index is 1.53. The third-order valence-electron chi connectivity index (χ3n) is 5.15. The van der Waals surface area contributed by atoms with Crippen LogP contribution >= 0.6 is 0 Å². The summed E-state index contributed by atoms with van der Waals surface area (Å²) in [4.78, 5) is 16.5. The highest BCUT2D eigenvalue weighted by molar-refractivity contribution is 5.77. The maximum Gasteiger partial charge on any atom is 0.260 e. The van der Waals surface area contributed by atoms with Crippen molar-refractivity contribution in [2.75, 3.05) is 38.8 Å². The normalized spacial score (nSPS) is 13.5. The maximum absolute atomic E-state index is 12.5. The molecule has 0 saturated carbocycles. The van der Waals surface area contributed by atoms with Crippen molar-refractivity contribution in [2.24, 2.45) is 0 Å². The molecule has 0 unspecified atom stereocenters. The summed E-state index contributed by atoms with van der Waals surface area (Å²) in [6, 6.07) is 15.4. The highest BCUT2D eigenvalue weighted by Gasteiger charge is 2.14. The Labute approximate surface area is 172 Å². The molecule has 0 bridgehead atoms. The van der Waals surface area contributed by atoms with Gasteiger partial charge in [0.2, 0.25) is 0 Å². The quantitative estimate of drug-likeness (QED) is 0.719. The van der Waals surface area contributed by atoms with Gasteiger partial charge < -0.3 is 19.3 Å². The number of carbonyl (C=O) groups excluding carboxylic acids is 1. The molecule has 152 valence electrons. The van der Waals surface area contributed by atoms with Crippen molar-refractivity contribution in [1.29, 1.82) is 5.26 Å². The van der Waals surface area contributed by atoms with E-state index in [4.69, 9.17) is 14.7 Å². The molecule has 0 spiro atoms. The van der Waals surface area contributed by atoms with E-state index in [1.165, 1.54) is 32.1 Å². The zero-order valence-corrected chi connectivity index (χ0v) is 17.1. The molecule has 1 fully saturated rings.